The summed E-state index contributed by atoms with van der Waals surface area (Å²) in [5.41, 5.74) is 3.65. The smallest absolute Gasteiger partial charge is 0.244 e. The van der Waals surface area contributed by atoms with Crippen molar-refractivity contribution < 1.29 is 9.59 Å². The van der Waals surface area contributed by atoms with Crippen LogP contribution in [-0.2, 0) is 9.59 Å². The van der Waals surface area contributed by atoms with Gasteiger partial charge in [-0.25, -0.2) is 4.68 Å². The van der Waals surface area contributed by atoms with Crippen LogP contribution in [0.5, 0.6) is 0 Å². The van der Waals surface area contributed by atoms with Gasteiger partial charge in [0.25, 0.3) is 0 Å². The van der Waals surface area contributed by atoms with Crippen molar-refractivity contribution in [3.05, 3.63) is 53.4 Å². The van der Waals surface area contributed by atoms with E-state index in [0.717, 1.165) is 22.6 Å². The van der Waals surface area contributed by atoms with Gasteiger partial charge < -0.3 is 10.6 Å². The summed E-state index contributed by atoms with van der Waals surface area (Å²) in [6.07, 6.45) is 3.15. The fourth-order valence-electron chi connectivity index (χ4n) is 2.47. The van der Waals surface area contributed by atoms with Crippen LogP contribution in [0.4, 0.5) is 0 Å². The maximum Gasteiger partial charge on any atom is 0.244 e. The Hall–Kier alpha value is -2.89. The lowest BCUT2D eigenvalue weighted by Crippen LogP contribution is -2.39. The van der Waals surface area contributed by atoms with Gasteiger partial charge in [0, 0.05) is 23.4 Å². The fraction of sp³-hybridized carbons (Fsp3) is 0.316. The second-order valence-electron chi connectivity index (χ2n) is 6.11. The average Bonchev–Trinajstić information content (AvgIpc) is 2.85. The molecule has 0 aliphatic carbocycles. The number of carbonyl (C=O) groups excluding carboxylic acids is 2. The average molecular weight is 340 g/mol. The number of carbonyl (C=O) groups is 2. The van der Waals surface area contributed by atoms with Crippen LogP contribution < -0.4 is 10.6 Å². The zero-order valence-electron chi connectivity index (χ0n) is 15.0. The van der Waals surface area contributed by atoms with Crippen LogP contribution in [0, 0.1) is 13.8 Å². The molecular weight excluding hydrogens is 316 g/mol. The van der Waals surface area contributed by atoms with Gasteiger partial charge in [-0.3, -0.25) is 9.59 Å². The minimum atomic E-state index is -0.315. The van der Waals surface area contributed by atoms with E-state index >= 15 is 0 Å². The molecule has 2 N–H and O–H groups in total. The van der Waals surface area contributed by atoms with Gasteiger partial charge in [0.05, 0.1) is 17.9 Å². The first-order chi connectivity index (χ1) is 11.9. The van der Waals surface area contributed by atoms with Crippen LogP contribution in [0.25, 0.3) is 11.8 Å². The molecule has 2 amide bonds. The maximum atomic E-state index is 11.9. The lowest BCUT2D eigenvalue weighted by atomic mass is 10.2. The van der Waals surface area contributed by atoms with Gasteiger partial charge in [0.15, 0.2) is 0 Å². The number of hydrogen-bond acceptors (Lipinski definition) is 3. The third-order valence-electron chi connectivity index (χ3n) is 3.62. The van der Waals surface area contributed by atoms with Crippen LogP contribution in [0.3, 0.4) is 0 Å². The van der Waals surface area contributed by atoms with Crippen molar-refractivity contribution in [1.29, 1.82) is 0 Å². The van der Waals surface area contributed by atoms with Gasteiger partial charge in [0.2, 0.25) is 11.8 Å². The highest BCUT2D eigenvalue weighted by atomic mass is 16.2. The molecule has 0 aliphatic rings. The molecule has 0 bridgehead atoms. The number of nitrogens with zero attached hydrogens (tertiary/aromatic N) is 2. The van der Waals surface area contributed by atoms with Gasteiger partial charge in [-0.2, -0.15) is 5.10 Å². The zero-order chi connectivity index (χ0) is 18.4. The van der Waals surface area contributed by atoms with Crippen molar-refractivity contribution >= 4 is 17.9 Å². The van der Waals surface area contributed by atoms with E-state index in [0.29, 0.717) is 0 Å². The molecule has 1 aromatic carbocycles. The molecule has 0 aliphatic heterocycles. The molecular formula is C19H24N4O2. The molecule has 2 rings (SSSR count). The summed E-state index contributed by atoms with van der Waals surface area (Å²) < 4.78 is 1.85. The molecule has 0 fully saturated rings. The third kappa shape index (κ3) is 5.04. The summed E-state index contributed by atoms with van der Waals surface area (Å²) in [7, 11) is 0. The standard InChI is InChI=1S/C19H24N4O2/c1-13(2)21-19(25)12-20-18(24)11-10-17-14(3)22-23(15(17)4)16-8-6-5-7-9-16/h5-11,13H,12H2,1-4H3,(H,20,24)(H,21,25)/b11-10+. The Labute approximate surface area is 147 Å². The molecule has 1 aromatic heterocycles. The van der Waals surface area contributed by atoms with E-state index in [2.05, 4.69) is 15.7 Å². The molecule has 0 radical (unpaired) electrons. The molecule has 132 valence electrons. The molecule has 0 unspecified atom stereocenters. The minimum absolute atomic E-state index is 0.0391. The summed E-state index contributed by atoms with van der Waals surface area (Å²) in [4.78, 5) is 23.4. The van der Waals surface area contributed by atoms with Crippen molar-refractivity contribution in [3.8, 4) is 5.69 Å². The molecule has 0 atom stereocenters. The molecule has 0 saturated heterocycles. The summed E-state index contributed by atoms with van der Waals surface area (Å²) in [6.45, 7) is 7.56. The first-order valence-electron chi connectivity index (χ1n) is 8.25. The second-order valence-corrected chi connectivity index (χ2v) is 6.11. The topological polar surface area (TPSA) is 76.0 Å². The van der Waals surface area contributed by atoms with Crippen LogP contribution in [0.1, 0.15) is 30.8 Å². The van der Waals surface area contributed by atoms with Gasteiger partial charge in [-0.15, -0.1) is 0 Å². The van der Waals surface area contributed by atoms with Gasteiger partial charge in [0.1, 0.15) is 0 Å². The largest absolute Gasteiger partial charge is 0.352 e. The van der Waals surface area contributed by atoms with E-state index in [-0.39, 0.29) is 24.4 Å². The van der Waals surface area contributed by atoms with E-state index in [1.165, 1.54) is 6.08 Å². The molecule has 25 heavy (non-hydrogen) atoms. The van der Waals surface area contributed by atoms with Gasteiger partial charge in [-0.05, 0) is 45.9 Å². The Bertz CT molecular complexity index is 776. The Morgan fingerprint density at radius 1 is 1.20 bits per heavy atom. The molecule has 2 aromatic rings. The molecule has 6 heteroatoms. The van der Waals surface area contributed by atoms with Crippen LogP contribution in [-0.4, -0.2) is 34.2 Å². The monoisotopic (exact) mass is 340 g/mol. The normalized spacial score (nSPS) is 11.1. The van der Waals surface area contributed by atoms with Gasteiger partial charge in [-0.1, -0.05) is 18.2 Å². The van der Waals surface area contributed by atoms with Crippen molar-refractivity contribution in [1.82, 2.24) is 20.4 Å². The van der Waals surface area contributed by atoms with Crippen LogP contribution in [0.15, 0.2) is 36.4 Å². The fourth-order valence-corrected chi connectivity index (χ4v) is 2.47. The van der Waals surface area contributed by atoms with E-state index in [1.54, 1.807) is 6.08 Å². The Morgan fingerprint density at radius 2 is 1.88 bits per heavy atom. The number of rotatable bonds is 6. The SMILES string of the molecule is Cc1nn(-c2ccccc2)c(C)c1/C=C/C(=O)NCC(=O)NC(C)C. The molecule has 0 spiro atoms. The van der Waals surface area contributed by atoms with Gasteiger partial charge >= 0.3 is 0 Å². The predicted octanol–water partition coefficient (Wildman–Crippen LogP) is 2.14. The Morgan fingerprint density at radius 3 is 2.52 bits per heavy atom. The zero-order valence-corrected chi connectivity index (χ0v) is 15.0. The quantitative estimate of drug-likeness (QED) is 0.791. The van der Waals surface area contributed by atoms with Crippen molar-refractivity contribution in [2.75, 3.05) is 6.54 Å². The number of nitrogens with one attached hydrogen (secondary N) is 2. The van der Waals surface area contributed by atoms with E-state index in [9.17, 15) is 9.59 Å². The first-order valence-corrected chi connectivity index (χ1v) is 8.25. The Kier molecular flexibility index (Phi) is 6.11. The lowest BCUT2D eigenvalue weighted by Gasteiger charge is -2.08. The second kappa shape index (κ2) is 8.28. The van der Waals surface area contributed by atoms with E-state index in [4.69, 9.17) is 0 Å². The number of benzene rings is 1. The third-order valence-corrected chi connectivity index (χ3v) is 3.62. The Balaban J connectivity index is 2.05. The van der Waals surface area contributed by atoms with Crippen LogP contribution >= 0.6 is 0 Å². The molecule has 0 saturated carbocycles. The number of aromatic nitrogens is 2. The highest BCUT2D eigenvalue weighted by molar-refractivity contribution is 5.94. The van der Waals surface area contributed by atoms with E-state index in [1.807, 2.05) is 62.7 Å². The highest BCUT2D eigenvalue weighted by Crippen LogP contribution is 2.18. The summed E-state index contributed by atoms with van der Waals surface area (Å²) in [6, 6.07) is 9.87. The van der Waals surface area contributed by atoms with E-state index < -0.39 is 0 Å². The molecule has 1 heterocycles. The first kappa shape index (κ1) is 18.4. The minimum Gasteiger partial charge on any atom is -0.352 e. The highest BCUT2D eigenvalue weighted by Gasteiger charge is 2.11. The van der Waals surface area contributed by atoms with Crippen molar-refractivity contribution in [2.24, 2.45) is 0 Å². The number of aryl methyl sites for hydroxylation is 1. The summed E-state index contributed by atoms with van der Waals surface area (Å²) in [5, 5.41) is 9.83. The predicted molar refractivity (Wildman–Crippen MR) is 98.4 cm³/mol. The van der Waals surface area contributed by atoms with Crippen molar-refractivity contribution in [3.63, 3.8) is 0 Å². The van der Waals surface area contributed by atoms with Crippen molar-refractivity contribution in [2.45, 2.75) is 33.7 Å². The number of para-hydroxylation sites is 1. The molecule has 6 nitrogen and oxygen atoms in total. The maximum absolute atomic E-state index is 11.9. The summed E-state index contributed by atoms with van der Waals surface area (Å²) in [5.74, 6) is -0.522. The number of hydrogen-bond donors (Lipinski definition) is 2. The summed E-state index contributed by atoms with van der Waals surface area (Å²) >= 11 is 0. The van der Waals surface area contributed by atoms with Crippen LogP contribution in [0.2, 0.25) is 0 Å². The number of amides is 2. The lowest BCUT2D eigenvalue weighted by molar-refractivity contribution is -0.124.